The molecule has 0 aromatic carbocycles. The van der Waals surface area contributed by atoms with Gasteiger partial charge in [0.2, 0.25) is 0 Å². The summed E-state index contributed by atoms with van der Waals surface area (Å²) in [6.45, 7) is 6.55. The van der Waals surface area contributed by atoms with Crippen LogP contribution in [0.2, 0.25) is 0 Å². The fourth-order valence-corrected chi connectivity index (χ4v) is 2.64. The first-order valence-corrected chi connectivity index (χ1v) is 7.35. The van der Waals surface area contributed by atoms with Crippen LogP contribution in [0.25, 0.3) is 22.6 Å². The van der Waals surface area contributed by atoms with Gasteiger partial charge < -0.3 is 10.2 Å². The summed E-state index contributed by atoms with van der Waals surface area (Å²) >= 11 is 0. The number of rotatable bonds is 3. The molecular weight excluding hydrogens is 290 g/mol. The van der Waals surface area contributed by atoms with Gasteiger partial charge in [0.15, 0.2) is 5.76 Å². The van der Waals surface area contributed by atoms with Crippen molar-refractivity contribution in [2.75, 3.05) is 5.73 Å². The number of pyridine rings is 1. The first-order valence-electron chi connectivity index (χ1n) is 7.35. The van der Waals surface area contributed by atoms with Gasteiger partial charge in [0, 0.05) is 23.9 Å². The molecule has 0 radical (unpaired) electrons. The Bertz CT molecular complexity index is 914. The summed E-state index contributed by atoms with van der Waals surface area (Å²) in [6.07, 6.45) is 3.64. The zero-order valence-corrected chi connectivity index (χ0v) is 13.3. The first kappa shape index (κ1) is 14.9. The van der Waals surface area contributed by atoms with Crippen molar-refractivity contribution in [3.05, 3.63) is 41.4 Å². The van der Waals surface area contributed by atoms with Gasteiger partial charge in [-0.3, -0.25) is 4.68 Å². The van der Waals surface area contributed by atoms with E-state index >= 15 is 0 Å². The summed E-state index contributed by atoms with van der Waals surface area (Å²) in [5.41, 5.74) is 9.48. The highest BCUT2D eigenvalue weighted by molar-refractivity contribution is 5.82. The molecule has 0 spiro atoms. The molecule has 0 aliphatic carbocycles. The molecule has 116 valence electrons. The SMILES string of the molecule is CCn1cc(-c2c(C)c(-c3ccc(C)o3)nc(N)c2C#N)cn1. The zero-order chi connectivity index (χ0) is 16.6. The Labute approximate surface area is 134 Å². The first-order chi connectivity index (χ1) is 11.0. The van der Waals surface area contributed by atoms with Crippen LogP contribution in [-0.4, -0.2) is 14.8 Å². The van der Waals surface area contributed by atoms with Gasteiger partial charge in [-0.15, -0.1) is 0 Å². The second kappa shape index (κ2) is 5.61. The number of hydrogen-bond donors (Lipinski definition) is 1. The summed E-state index contributed by atoms with van der Waals surface area (Å²) in [6, 6.07) is 5.89. The van der Waals surface area contributed by atoms with Crippen molar-refractivity contribution in [2.24, 2.45) is 0 Å². The molecule has 0 unspecified atom stereocenters. The lowest BCUT2D eigenvalue weighted by Crippen LogP contribution is -2.02. The second-order valence-electron chi connectivity index (χ2n) is 5.33. The molecule has 3 aromatic rings. The van der Waals surface area contributed by atoms with Crippen LogP contribution in [0.5, 0.6) is 0 Å². The van der Waals surface area contributed by atoms with Crippen LogP contribution in [-0.2, 0) is 6.54 Å². The van der Waals surface area contributed by atoms with E-state index in [9.17, 15) is 5.26 Å². The molecule has 0 saturated carbocycles. The number of nitrogens with zero attached hydrogens (tertiary/aromatic N) is 4. The largest absolute Gasteiger partial charge is 0.460 e. The summed E-state index contributed by atoms with van der Waals surface area (Å²) in [4.78, 5) is 4.37. The van der Waals surface area contributed by atoms with Crippen molar-refractivity contribution in [3.8, 4) is 28.7 Å². The maximum Gasteiger partial charge on any atom is 0.153 e. The lowest BCUT2D eigenvalue weighted by atomic mass is 9.96. The van der Waals surface area contributed by atoms with E-state index < -0.39 is 0 Å². The van der Waals surface area contributed by atoms with E-state index in [1.807, 2.05) is 43.8 Å². The normalized spacial score (nSPS) is 10.7. The average molecular weight is 307 g/mol. The van der Waals surface area contributed by atoms with Gasteiger partial charge in [0.1, 0.15) is 28.9 Å². The minimum atomic E-state index is 0.196. The summed E-state index contributed by atoms with van der Waals surface area (Å²) in [5, 5.41) is 13.8. The van der Waals surface area contributed by atoms with Crippen molar-refractivity contribution in [3.63, 3.8) is 0 Å². The Morgan fingerprint density at radius 2 is 2.13 bits per heavy atom. The highest BCUT2D eigenvalue weighted by atomic mass is 16.3. The van der Waals surface area contributed by atoms with Crippen molar-refractivity contribution in [1.29, 1.82) is 5.26 Å². The Morgan fingerprint density at radius 1 is 1.35 bits per heavy atom. The molecule has 0 amide bonds. The summed E-state index contributed by atoms with van der Waals surface area (Å²) in [5.74, 6) is 1.63. The van der Waals surface area contributed by atoms with Gasteiger partial charge in [0.05, 0.1) is 6.20 Å². The van der Waals surface area contributed by atoms with E-state index in [4.69, 9.17) is 10.2 Å². The van der Waals surface area contributed by atoms with Gasteiger partial charge in [-0.1, -0.05) is 0 Å². The molecule has 3 aromatic heterocycles. The number of nitrogen functional groups attached to an aromatic ring is 1. The van der Waals surface area contributed by atoms with E-state index in [1.54, 1.807) is 6.20 Å². The number of anilines is 1. The molecule has 3 rings (SSSR count). The Kier molecular flexibility index (Phi) is 3.62. The number of nitriles is 1. The number of nitrogens with two attached hydrogens (primary N) is 1. The minimum Gasteiger partial charge on any atom is -0.460 e. The van der Waals surface area contributed by atoms with Gasteiger partial charge in [-0.05, 0) is 38.5 Å². The van der Waals surface area contributed by atoms with E-state index in [0.717, 1.165) is 29.0 Å². The Hall–Kier alpha value is -3.07. The molecule has 6 nitrogen and oxygen atoms in total. The molecule has 23 heavy (non-hydrogen) atoms. The van der Waals surface area contributed by atoms with Crippen molar-refractivity contribution in [1.82, 2.24) is 14.8 Å². The highest BCUT2D eigenvalue weighted by Gasteiger charge is 2.20. The number of furan rings is 1. The van der Waals surface area contributed by atoms with Crippen LogP contribution in [0.1, 0.15) is 23.8 Å². The number of aromatic nitrogens is 3. The third-order valence-electron chi connectivity index (χ3n) is 3.80. The minimum absolute atomic E-state index is 0.196. The van der Waals surface area contributed by atoms with Gasteiger partial charge in [0.25, 0.3) is 0 Å². The standard InChI is InChI=1S/C17H17N5O/c1-4-22-9-12(8-20-22)15-11(3)16(14-6-5-10(2)23-14)21-17(19)13(15)7-18/h5-6,8-9H,4H2,1-3H3,(H2,19,21). The summed E-state index contributed by atoms with van der Waals surface area (Å²) < 4.78 is 7.48. The van der Waals surface area contributed by atoms with Gasteiger partial charge in [-0.2, -0.15) is 10.4 Å². The van der Waals surface area contributed by atoms with Crippen LogP contribution < -0.4 is 5.73 Å². The molecule has 3 heterocycles. The van der Waals surface area contributed by atoms with Crippen molar-refractivity contribution < 1.29 is 4.42 Å². The van der Waals surface area contributed by atoms with Crippen molar-refractivity contribution >= 4 is 5.82 Å². The molecule has 0 bridgehead atoms. The molecule has 2 N–H and O–H groups in total. The van der Waals surface area contributed by atoms with Crippen molar-refractivity contribution in [2.45, 2.75) is 27.3 Å². The molecular formula is C17H17N5O. The number of aryl methyl sites for hydroxylation is 2. The van der Waals surface area contributed by atoms with E-state index in [0.29, 0.717) is 17.0 Å². The zero-order valence-electron chi connectivity index (χ0n) is 13.3. The molecule has 6 heteroatoms. The quantitative estimate of drug-likeness (QED) is 0.801. The number of hydrogen-bond acceptors (Lipinski definition) is 5. The molecule has 0 fully saturated rings. The van der Waals surface area contributed by atoms with E-state index in [2.05, 4.69) is 16.2 Å². The highest BCUT2D eigenvalue weighted by Crippen LogP contribution is 2.36. The smallest absolute Gasteiger partial charge is 0.153 e. The van der Waals surface area contributed by atoms with Gasteiger partial charge >= 0.3 is 0 Å². The lowest BCUT2D eigenvalue weighted by molar-refractivity contribution is 0.546. The fourth-order valence-electron chi connectivity index (χ4n) is 2.64. The van der Waals surface area contributed by atoms with Crippen LogP contribution in [0.15, 0.2) is 28.9 Å². The summed E-state index contributed by atoms with van der Waals surface area (Å²) in [7, 11) is 0. The monoisotopic (exact) mass is 307 g/mol. The van der Waals surface area contributed by atoms with Crippen LogP contribution >= 0.6 is 0 Å². The molecule has 0 aliphatic heterocycles. The fraction of sp³-hybridized carbons (Fsp3) is 0.235. The maximum absolute atomic E-state index is 9.49. The third kappa shape index (κ3) is 2.46. The van der Waals surface area contributed by atoms with E-state index in [1.165, 1.54) is 0 Å². The predicted octanol–water partition coefficient (Wildman–Crippen LogP) is 3.30. The van der Waals surface area contributed by atoms with Crippen LogP contribution in [0, 0.1) is 25.2 Å². The van der Waals surface area contributed by atoms with Gasteiger partial charge in [-0.25, -0.2) is 4.98 Å². The van der Waals surface area contributed by atoms with Crippen LogP contribution in [0.3, 0.4) is 0 Å². The Morgan fingerprint density at radius 3 is 2.70 bits per heavy atom. The van der Waals surface area contributed by atoms with Crippen LogP contribution in [0.4, 0.5) is 5.82 Å². The Balaban J connectivity index is 2.28. The topological polar surface area (TPSA) is 93.7 Å². The second-order valence-corrected chi connectivity index (χ2v) is 5.33. The molecule has 0 saturated heterocycles. The predicted molar refractivity (Wildman–Crippen MR) is 87.4 cm³/mol. The average Bonchev–Trinajstić information content (AvgIpc) is 3.17. The molecule has 0 aliphatic rings. The van der Waals surface area contributed by atoms with E-state index in [-0.39, 0.29) is 5.82 Å². The maximum atomic E-state index is 9.49. The third-order valence-corrected chi connectivity index (χ3v) is 3.80. The molecule has 0 atom stereocenters. The lowest BCUT2D eigenvalue weighted by Gasteiger charge is -2.12.